The summed E-state index contributed by atoms with van der Waals surface area (Å²) in [6, 6.07) is 24.2. The van der Waals surface area contributed by atoms with Crippen LogP contribution in [0.2, 0.25) is 0 Å². The van der Waals surface area contributed by atoms with Crippen LogP contribution >= 0.6 is 0 Å². The molecule has 0 spiro atoms. The van der Waals surface area contributed by atoms with Gasteiger partial charge >= 0.3 is 0 Å². The van der Waals surface area contributed by atoms with Gasteiger partial charge in [0.1, 0.15) is 17.6 Å². The monoisotopic (exact) mass is 398 g/mol. The second-order valence-corrected chi connectivity index (χ2v) is 7.44. The first-order valence-electron chi connectivity index (χ1n) is 9.64. The number of anilines is 2. The number of ketones is 1. The van der Waals surface area contributed by atoms with Crippen molar-refractivity contribution in [3.8, 4) is 0 Å². The van der Waals surface area contributed by atoms with Gasteiger partial charge in [0.05, 0.1) is 5.69 Å². The first-order valence-corrected chi connectivity index (χ1v) is 9.64. The Morgan fingerprint density at radius 3 is 2.03 bits per heavy atom. The predicted molar refractivity (Wildman–Crippen MR) is 111 cm³/mol. The van der Waals surface area contributed by atoms with Crippen molar-refractivity contribution in [2.24, 2.45) is 5.92 Å². The number of hydrogen-bond acceptors (Lipinski definition) is 5. The molecule has 1 saturated heterocycles. The highest BCUT2D eigenvalue weighted by atomic mass is 16.3. The minimum absolute atomic E-state index is 0.343. The molecule has 2 aliphatic heterocycles. The van der Waals surface area contributed by atoms with Crippen LogP contribution in [-0.4, -0.2) is 28.8 Å². The van der Waals surface area contributed by atoms with Gasteiger partial charge in [0.15, 0.2) is 5.78 Å². The number of imide groups is 1. The van der Waals surface area contributed by atoms with Crippen LogP contribution in [0.3, 0.4) is 0 Å². The lowest BCUT2D eigenvalue weighted by Crippen LogP contribution is -2.52. The van der Waals surface area contributed by atoms with E-state index in [1.54, 1.807) is 84.9 Å². The fourth-order valence-corrected chi connectivity index (χ4v) is 4.49. The summed E-state index contributed by atoms with van der Waals surface area (Å²) in [7, 11) is 0. The number of fused-ring (bicyclic) bond motifs is 1. The van der Waals surface area contributed by atoms with Gasteiger partial charge < -0.3 is 10.4 Å². The largest absolute Gasteiger partial charge is 0.382 e. The van der Waals surface area contributed by atoms with Crippen molar-refractivity contribution >= 4 is 29.0 Å². The molecule has 0 saturated carbocycles. The maximum atomic E-state index is 13.7. The Morgan fingerprint density at radius 1 is 0.767 bits per heavy atom. The Balaban J connectivity index is 1.70. The highest BCUT2D eigenvalue weighted by molar-refractivity contribution is 6.27. The molecule has 5 rings (SSSR count). The molecule has 148 valence electrons. The molecule has 3 unspecified atom stereocenters. The van der Waals surface area contributed by atoms with Crippen molar-refractivity contribution in [3.05, 3.63) is 96.1 Å². The van der Waals surface area contributed by atoms with E-state index in [1.807, 2.05) is 0 Å². The van der Waals surface area contributed by atoms with Crippen LogP contribution in [0.25, 0.3) is 0 Å². The first-order chi connectivity index (χ1) is 14.6. The molecule has 3 aromatic rings. The highest BCUT2D eigenvalue weighted by Gasteiger charge is 2.63. The summed E-state index contributed by atoms with van der Waals surface area (Å²) in [6.07, 6.45) is -1.66. The molecule has 0 radical (unpaired) electrons. The number of carbonyl (C=O) groups excluding carboxylic acids is 3. The lowest BCUT2D eigenvalue weighted by Gasteiger charge is -2.34. The number of nitrogens with one attached hydrogen (secondary N) is 1. The topological polar surface area (TPSA) is 86.7 Å². The Bertz CT molecular complexity index is 1160. The van der Waals surface area contributed by atoms with E-state index in [4.69, 9.17) is 0 Å². The Morgan fingerprint density at radius 2 is 1.37 bits per heavy atom. The van der Waals surface area contributed by atoms with E-state index >= 15 is 0 Å². The van der Waals surface area contributed by atoms with Crippen molar-refractivity contribution in [2.45, 2.75) is 11.6 Å². The minimum Gasteiger partial charge on any atom is -0.382 e. The fraction of sp³-hybridized carbons (Fsp3) is 0.125. The standard InChI is InChI=1S/C24H18N2O4/c27-20-19(22(29)26(23(20)30)16-11-5-2-6-12-16)24(15-9-3-1-4-10-15)21(28)17-13-7-8-14-18(17)25-24/h1-14,19-20,25,27H. The lowest BCUT2D eigenvalue weighted by atomic mass is 9.73. The van der Waals surface area contributed by atoms with Gasteiger partial charge in [-0.3, -0.25) is 14.4 Å². The van der Waals surface area contributed by atoms with Crippen LogP contribution in [-0.2, 0) is 15.1 Å². The Labute approximate surface area is 172 Å². The van der Waals surface area contributed by atoms with E-state index < -0.39 is 29.4 Å². The number of para-hydroxylation sites is 2. The van der Waals surface area contributed by atoms with E-state index in [9.17, 15) is 19.5 Å². The zero-order valence-electron chi connectivity index (χ0n) is 15.9. The van der Waals surface area contributed by atoms with E-state index in [2.05, 4.69) is 5.32 Å². The number of aliphatic hydroxyl groups excluding tert-OH is 1. The number of carbonyl (C=O) groups is 3. The molecule has 2 N–H and O–H groups in total. The predicted octanol–water partition coefficient (Wildman–Crippen LogP) is 2.74. The smallest absolute Gasteiger partial charge is 0.263 e. The number of amides is 2. The summed E-state index contributed by atoms with van der Waals surface area (Å²) in [5.41, 5.74) is 0.288. The van der Waals surface area contributed by atoms with Crippen molar-refractivity contribution < 1.29 is 19.5 Å². The molecule has 0 aromatic heterocycles. The van der Waals surface area contributed by atoms with Gasteiger partial charge in [-0.05, 0) is 29.8 Å². The molecule has 6 heteroatoms. The average Bonchev–Trinajstić information content (AvgIpc) is 3.20. The van der Waals surface area contributed by atoms with Crippen molar-refractivity contribution in [1.29, 1.82) is 0 Å². The second kappa shape index (κ2) is 6.64. The summed E-state index contributed by atoms with van der Waals surface area (Å²) < 4.78 is 0. The molecule has 3 aromatic carbocycles. The van der Waals surface area contributed by atoms with E-state index in [0.29, 0.717) is 22.5 Å². The summed E-state index contributed by atoms with van der Waals surface area (Å²) in [4.78, 5) is 41.2. The summed E-state index contributed by atoms with van der Waals surface area (Å²) in [5.74, 6) is -3.01. The molecule has 30 heavy (non-hydrogen) atoms. The van der Waals surface area contributed by atoms with Gasteiger partial charge in [-0.2, -0.15) is 0 Å². The number of hydrogen-bond donors (Lipinski definition) is 2. The van der Waals surface area contributed by atoms with Gasteiger partial charge in [-0.25, -0.2) is 4.90 Å². The van der Waals surface area contributed by atoms with Crippen LogP contribution < -0.4 is 10.2 Å². The van der Waals surface area contributed by atoms with Crippen LogP contribution in [0, 0.1) is 5.92 Å². The molecule has 6 nitrogen and oxygen atoms in total. The van der Waals surface area contributed by atoms with Gasteiger partial charge in [0.2, 0.25) is 5.91 Å². The van der Waals surface area contributed by atoms with Crippen LogP contribution in [0.5, 0.6) is 0 Å². The van der Waals surface area contributed by atoms with E-state index in [1.165, 1.54) is 0 Å². The van der Waals surface area contributed by atoms with Crippen molar-refractivity contribution in [1.82, 2.24) is 0 Å². The minimum atomic E-state index is -1.66. The third-order valence-corrected chi connectivity index (χ3v) is 5.85. The number of rotatable bonds is 3. The molecular formula is C24H18N2O4. The molecule has 2 amide bonds. The number of Topliss-reactive ketones (excluding diaryl/α,β-unsaturated/α-hetero) is 1. The molecule has 3 atom stereocenters. The van der Waals surface area contributed by atoms with Crippen LogP contribution in [0.4, 0.5) is 11.4 Å². The number of nitrogens with zero attached hydrogens (tertiary/aromatic N) is 1. The van der Waals surface area contributed by atoms with E-state index in [-0.39, 0.29) is 5.78 Å². The Hall–Kier alpha value is -3.77. The zero-order chi connectivity index (χ0) is 20.9. The average molecular weight is 398 g/mol. The maximum absolute atomic E-state index is 13.7. The van der Waals surface area contributed by atoms with Crippen LogP contribution in [0.1, 0.15) is 15.9 Å². The van der Waals surface area contributed by atoms with Gasteiger partial charge in [-0.1, -0.05) is 60.7 Å². The lowest BCUT2D eigenvalue weighted by molar-refractivity contribution is -0.126. The number of benzene rings is 3. The summed E-state index contributed by atoms with van der Waals surface area (Å²) >= 11 is 0. The highest BCUT2D eigenvalue weighted by Crippen LogP contribution is 2.48. The normalized spacial score (nSPS) is 25.4. The summed E-state index contributed by atoms with van der Waals surface area (Å²) in [6.45, 7) is 0. The second-order valence-electron chi connectivity index (χ2n) is 7.44. The van der Waals surface area contributed by atoms with E-state index in [0.717, 1.165) is 4.90 Å². The maximum Gasteiger partial charge on any atom is 0.263 e. The third-order valence-electron chi connectivity index (χ3n) is 5.85. The third kappa shape index (κ3) is 2.37. The summed E-state index contributed by atoms with van der Waals surface area (Å²) in [5, 5.41) is 14.1. The molecule has 2 aliphatic rings. The molecule has 2 heterocycles. The Kier molecular flexibility index (Phi) is 4.04. The molecular weight excluding hydrogens is 380 g/mol. The van der Waals surface area contributed by atoms with Gasteiger partial charge in [-0.15, -0.1) is 0 Å². The number of aliphatic hydroxyl groups is 1. The molecule has 0 bridgehead atoms. The quantitative estimate of drug-likeness (QED) is 0.663. The zero-order valence-corrected chi connectivity index (χ0v) is 15.9. The SMILES string of the molecule is O=C1C(O)C(C2(c3ccccc3)Nc3ccccc3C2=O)C(=O)N1c1ccccc1. The van der Waals surface area contributed by atoms with Gasteiger partial charge in [0.25, 0.3) is 5.91 Å². The first kappa shape index (κ1) is 18.3. The fourth-order valence-electron chi connectivity index (χ4n) is 4.49. The van der Waals surface area contributed by atoms with Crippen molar-refractivity contribution in [3.63, 3.8) is 0 Å². The van der Waals surface area contributed by atoms with Gasteiger partial charge in [0, 0.05) is 11.3 Å². The molecule has 0 aliphatic carbocycles. The van der Waals surface area contributed by atoms with Crippen molar-refractivity contribution in [2.75, 3.05) is 10.2 Å². The molecule has 1 fully saturated rings. The van der Waals surface area contributed by atoms with Crippen LogP contribution in [0.15, 0.2) is 84.9 Å².